The molecule has 0 amide bonds. The van der Waals surface area contributed by atoms with Crippen LogP contribution in [0.25, 0.3) is 0 Å². The van der Waals surface area contributed by atoms with Crippen molar-refractivity contribution in [2.24, 2.45) is 0 Å². The number of aromatic nitrogens is 5. The van der Waals surface area contributed by atoms with Gasteiger partial charge in [-0.3, -0.25) is 14.8 Å². The van der Waals surface area contributed by atoms with Gasteiger partial charge in [-0.05, 0) is 0 Å². The third-order valence-corrected chi connectivity index (χ3v) is 2.14. The summed E-state index contributed by atoms with van der Waals surface area (Å²) in [5.74, 6) is -0.0779. The maximum absolute atomic E-state index is 10.8. The molecule has 0 aliphatic heterocycles. The number of hydrogen-bond acceptors (Lipinski definition) is 8. The van der Waals surface area contributed by atoms with Crippen molar-refractivity contribution < 1.29 is 4.92 Å². The first-order valence-corrected chi connectivity index (χ1v) is 5.01. The largest absolute Gasteiger partial charge is 0.378 e. The van der Waals surface area contributed by atoms with Gasteiger partial charge in [0.1, 0.15) is 6.33 Å². The van der Waals surface area contributed by atoms with Crippen molar-refractivity contribution in [1.82, 2.24) is 25.0 Å². The fraction of sp³-hybridized carbons (Fsp3) is 0.250. The van der Waals surface area contributed by atoms with Gasteiger partial charge in [0.2, 0.25) is 11.6 Å². The smallest absolute Gasteiger partial charge is 0.352 e. The second-order valence-corrected chi connectivity index (χ2v) is 3.31. The summed E-state index contributed by atoms with van der Waals surface area (Å²) in [6.07, 6.45) is 4.40. The molecule has 10 heteroatoms. The van der Waals surface area contributed by atoms with Gasteiger partial charge in [0.05, 0.1) is 17.7 Å². The first-order chi connectivity index (χ1) is 8.68. The monoisotopic (exact) mass is 250 g/mol. The minimum Gasteiger partial charge on any atom is -0.378 e. The Hall–Kier alpha value is -2.78. The molecule has 0 bridgehead atoms. The van der Waals surface area contributed by atoms with E-state index in [1.165, 1.54) is 6.33 Å². The van der Waals surface area contributed by atoms with Gasteiger partial charge < -0.3 is 11.1 Å². The summed E-state index contributed by atoms with van der Waals surface area (Å²) in [5.41, 5.74) is 5.11. The molecule has 2 rings (SSSR count). The molecule has 2 aromatic heterocycles. The van der Waals surface area contributed by atoms with Crippen LogP contribution < -0.4 is 11.1 Å². The highest BCUT2D eigenvalue weighted by Crippen LogP contribution is 2.25. The van der Waals surface area contributed by atoms with Crippen LogP contribution in [0.3, 0.4) is 0 Å². The maximum Gasteiger partial charge on any atom is 0.352 e. The number of nitrogens with two attached hydrogens (primary N) is 1. The molecule has 10 nitrogen and oxygen atoms in total. The van der Waals surface area contributed by atoms with E-state index in [0.29, 0.717) is 13.1 Å². The molecular formula is C8H10N8O2. The molecule has 94 valence electrons. The van der Waals surface area contributed by atoms with Gasteiger partial charge >= 0.3 is 5.69 Å². The highest BCUT2D eigenvalue weighted by atomic mass is 16.6. The lowest BCUT2D eigenvalue weighted by atomic mass is 10.4. The molecule has 0 radical (unpaired) electrons. The molecule has 2 aromatic rings. The summed E-state index contributed by atoms with van der Waals surface area (Å²) in [6, 6.07) is 0. The molecule has 0 fully saturated rings. The average Bonchev–Trinajstić information content (AvgIpc) is 2.81. The summed E-state index contributed by atoms with van der Waals surface area (Å²) < 4.78 is 1.59. The Kier molecular flexibility index (Phi) is 3.27. The van der Waals surface area contributed by atoms with Gasteiger partial charge in [-0.25, -0.2) is 9.97 Å². The Morgan fingerprint density at radius 2 is 2.33 bits per heavy atom. The van der Waals surface area contributed by atoms with Crippen molar-refractivity contribution >= 4 is 17.3 Å². The predicted octanol–water partition coefficient (Wildman–Crippen LogP) is -0.329. The van der Waals surface area contributed by atoms with Gasteiger partial charge in [-0.1, -0.05) is 5.21 Å². The number of rotatable bonds is 5. The molecule has 0 spiro atoms. The van der Waals surface area contributed by atoms with E-state index in [-0.39, 0.29) is 17.3 Å². The zero-order valence-electron chi connectivity index (χ0n) is 9.22. The van der Waals surface area contributed by atoms with Crippen LogP contribution in [0.1, 0.15) is 0 Å². The van der Waals surface area contributed by atoms with E-state index < -0.39 is 4.92 Å². The highest BCUT2D eigenvalue weighted by molar-refractivity contribution is 5.67. The van der Waals surface area contributed by atoms with Crippen LogP contribution in [0.2, 0.25) is 0 Å². The lowest BCUT2D eigenvalue weighted by molar-refractivity contribution is -0.383. The second-order valence-electron chi connectivity index (χ2n) is 3.31. The van der Waals surface area contributed by atoms with E-state index in [1.807, 2.05) is 0 Å². The van der Waals surface area contributed by atoms with E-state index in [0.717, 1.165) is 0 Å². The van der Waals surface area contributed by atoms with Crippen molar-refractivity contribution in [1.29, 1.82) is 0 Å². The SMILES string of the molecule is Nc1ncnc(NCCn2ccnn2)c1[N+](=O)[O-]. The lowest BCUT2D eigenvalue weighted by Gasteiger charge is -2.06. The van der Waals surface area contributed by atoms with Crippen molar-refractivity contribution in [3.8, 4) is 0 Å². The lowest BCUT2D eigenvalue weighted by Crippen LogP contribution is -2.14. The molecule has 0 saturated carbocycles. The van der Waals surface area contributed by atoms with Crippen molar-refractivity contribution in [3.63, 3.8) is 0 Å². The van der Waals surface area contributed by atoms with E-state index >= 15 is 0 Å². The Balaban J connectivity index is 2.05. The summed E-state index contributed by atoms with van der Waals surface area (Å²) in [4.78, 5) is 17.6. The topological polar surface area (TPSA) is 138 Å². The number of nitrogen functional groups attached to an aromatic ring is 1. The van der Waals surface area contributed by atoms with E-state index in [2.05, 4.69) is 25.6 Å². The Morgan fingerprint density at radius 3 is 3.00 bits per heavy atom. The van der Waals surface area contributed by atoms with Gasteiger partial charge in [0.15, 0.2) is 0 Å². The molecule has 18 heavy (non-hydrogen) atoms. The molecule has 3 N–H and O–H groups in total. The first-order valence-electron chi connectivity index (χ1n) is 5.01. The number of nitrogens with zero attached hydrogens (tertiary/aromatic N) is 6. The zero-order valence-corrected chi connectivity index (χ0v) is 9.22. The van der Waals surface area contributed by atoms with Crippen LogP contribution in [0, 0.1) is 10.1 Å². The quantitative estimate of drug-likeness (QED) is 0.543. The van der Waals surface area contributed by atoms with E-state index in [4.69, 9.17) is 5.73 Å². The highest BCUT2D eigenvalue weighted by Gasteiger charge is 2.20. The third kappa shape index (κ3) is 2.48. The molecule has 0 aliphatic carbocycles. The summed E-state index contributed by atoms with van der Waals surface area (Å²) in [7, 11) is 0. The van der Waals surface area contributed by atoms with Gasteiger partial charge in [-0.2, -0.15) is 0 Å². The summed E-state index contributed by atoms with van der Waals surface area (Å²) in [5, 5.41) is 21.0. The van der Waals surface area contributed by atoms with Gasteiger partial charge in [-0.15, -0.1) is 5.10 Å². The normalized spacial score (nSPS) is 10.2. The molecule has 2 heterocycles. The fourth-order valence-corrected chi connectivity index (χ4v) is 1.34. The minimum atomic E-state index is -0.618. The van der Waals surface area contributed by atoms with Crippen LogP contribution in [-0.4, -0.2) is 36.4 Å². The van der Waals surface area contributed by atoms with Crippen molar-refractivity contribution in [3.05, 3.63) is 28.8 Å². The minimum absolute atomic E-state index is 0.0904. The van der Waals surface area contributed by atoms with E-state index in [9.17, 15) is 10.1 Å². The van der Waals surface area contributed by atoms with Crippen LogP contribution >= 0.6 is 0 Å². The third-order valence-electron chi connectivity index (χ3n) is 2.14. The second kappa shape index (κ2) is 5.03. The van der Waals surface area contributed by atoms with Crippen molar-refractivity contribution in [2.75, 3.05) is 17.6 Å². The van der Waals surface area contributed by atoms with Gasteiger partial charge in [0.25, 0.3) is 0 Å². The zero-order chi connectivity index (χ0) is 13.0. The average molecular weight is 250 g/mol. The maximum atomic E-state index is 10.8. The Morgan fingerprint density at radius 1 is 1.50 bits per heavy atom. The fourth-order valence-electron chi connectivity index (χ4n) is 1.34. The molecular weight excluding hydrogens is 240 g/mol. The van der Waals surface area contributed by atoms with Crippen LogP contribution in [0.15, 0.2) is 18.7 Å². The number of nitrogens with one attached hydrogen (secondary N) is 1. The van der Waals surface area contributed by atoms with E-state index in [1.54, 1.807) is 17.1 Å². The standard InChI is InChI=1S/C8H10N8O2/c9-7-6(16(17)18)8(12-5-11-7)10-1-3-15-4-2-13-14-15/h2,4-5H,1,3H2,(H3,9,10,11,12). The molecule has 0 aromatic carbocycles. The molecule has 0 unspecified atom stereocenters. The first kappa shape index (κ1) is 11.7. The summed E-state index contributed by atoms with van der Waals surface area (Å²) >= 11 is 0. The molecule has 0 aliphatic rings. The number of anilines is 2. The summed E-state index contributed by atoms with van der Waals surface area (Å²) in [6.45, 7) is 0.904. The molecule has 0 saturated heterocycles. The molecule has 0 atom stereocenters. The van der Waals surface area contributed by atoms with Crippen LogP contribution in [0.4, 0.5) is 17.3 Å². The Bertz CT molecular complexity index is 540. The van der Waals surface area contributed by atoms with Crippen LogP contribution in [0.5, 0.6) is 0 Å². The van der Waals surface area contributed by atoms with Crippen LogP contribution in [-0.2, 0) is 6.54 Å². The Labute approximate surface area is 101 Å². The number of nitro groups is 1. The van der Waals surface area contributed by atoms with Crippen molar-refractivity contribution in [2.45, 2.75) is 6.54 Å². The number of hydrogen-bond donors (Lipinski definition) is 2. The van der Waals surface area contributed by atoms with Gasteiger partial charge in [0, 0.05) is 12.7 Å². The predicted molar refractivity (Wildman–Crippen MR) is 61.6 cm³/mol.